The van der Waals surface area contributed by atoms with E-state index < -0.39 is 0 Å². The van der Waals surface area contributed by atoms with Crippen molar-refractivity contribution in [2.24, 2.45) is 0 Å². The second-order valence-electron chi connectivity index (χ2n) is 7.58. The van der Waals surface area contributed by atoms with Crippen molar-refractivity contribution < 1.29 is 14.3 Å². The highest BCUT2D eigenvalue weighted by molar-refractivity contribution is 7.15. The van der Waals surface area contributed by atoms with Crippen LogP contribution in [-0.4, -0.2) is 52.4 Å². The molecule has 4 aromatic rings. The highest BCUT2D eigenvalue weighted by atomic mass is 32.1. The molecule has 0 saturated carbocycles. The monoisotopic (exact) mass is 446 g/mol. The van der Waals surface area contributed by atoms with E-state index in [-0.39, 0.29) is 18.2 Å². The lowest BCUT2D eigenvalue weighted by Gasteiger charge is -2.27. The van der Waals surface area contributed by atoms with Crippen LogP contribution >= 0.6 is 11.3 Å². The van der Waals surface area contributed by atoms with Gasteiger partial charge in [-0.15, -0.1) is 11.3 Å². The van der Waals surface area contributed by atoms with Gasteiger partial charge in [0.15, 0.2) is 4.96 Å². The number of carbonyl (C=O) groups is 2. The summed E-state index contributed by atoms with van der Waals surface area (Å²) in [5.74, 6) is -0.188. The summed E-state index contributed by atoms with van der Waals surface area (Å²) in [6, 6.07) is 17.0. The third-order valence-corrected chi connectivity index (χ3v) is 6.27. The highest BCUT2D eigenvalue weighted by Gasteiger charge is 2.19. The summed E-state index contributed by atoms with van der Waals surface area (Å²) >= 11 is 1.51. The zero-order chi connectivity index (χ0) is 21.9. The predicted molar refractivity (Wildman–Crippen MR) is 124 cm³/mol. The Morgan fingerprint density at radius 2 is 1.88 bits per heavy atom. The molecule has 0 atom stereocenters. The lowest BCUT2D eigenvalue weighted by atomic mass is 10.1. The number of nitrogens with zero attached hydrogens (tertiary/aromatic N) is 3. The molecule has 1 aliphatic heterocycles. The number of nitrogens with one attached hydrogen (secondary N) is 1. The fourth-order valence-corrected chi connectivity index (χ4v) is 4.63. The van der Waals surface area contributed by atoms with Gasteiger partial charge in [0.1, 0.15) is 0 Å². The van der Waals surface area contributed by atoms with Crippen molar-refractivity contribution in [2.45, 2.75) is 6.42 Å². The van der Waals surface area contributed by atoms with Crippen LogP contribution in [0, 0.1) is 0 Å². The molecule has 1 N–H and O–H groups in total. The van der Waals surface area contributed by atoms with Gasteiger partial charge in [-0.1, -0.05) is 36.4 Å². The topological polar surface area (TPSA) is 75.9 Å². The number of ether oxygens (including phenoxy) is 1. The average molecular weight is 447 g/mol. The van der Waals surface area contributed by atoms with E-state index in [1.807, 2.05) is 46.3 Å². The van der Waals surface area contributed by atoms with Crippen molar-refractivity contribution in [3.05, 3.63) is 77.4 Å². The molecule has 2 aromatic heterocycles. The van der Waals surface area contributed by atoms with E-state index in [2.05, 4.69) is 10.3 Å². The third-order valence-electron chi connectivity index (χ3n) is 5.39. The van der Waals surface area contributed by atoms with Crippen molar-refractivity contribution in [2.75, 3.05) is 31.6 Å². The van der Waals surface area contributed by atoms with Gasteiger partial charge in [0.2, 0.25) is 5.91 Å². The van der Waals surface area contributed by atoms with Crippen molar-refractivity contribution in [3.8, 4) is 11.3 Å². The number of aromatic nitrogens is 2. The quantitative estimate of drug-likeness (QED) is 0.507. The van der Waals surface area contributed by atoms with Crippen LogP contribution in [0.25, 0.3) is 16.2 Å². The molecule has 1 saturated heterocycles. The summed E-state index contributed by atoms with van der Waals surface area (Å²) in [7, 11) is 0. The molecule has 1 fully saturated rings. The van der Waals surface area contributed by atoms with E-state index in [4.69, 9.17) is 4.74 Å². The minimum absolute atomic E-state index is 0.0456. The first-order valence-electron chi connectivity index (χ1n) is 10.5. The molecule has 32 heavy (non-hydrogen) atoms. The molecule has 162 valence electrons. The van der Waals surface area contributed by atoms with Gasteiger partial charge < -0.3 is 15.0 Å². The minimum atomic E-state index is -0.143. The summed E-state index contributed by atoms with van der Waals surface area (Å²) in [4.78, 5) is 32.7. The molecule has 0 spiro atoms. The van der Waals surface area contributed by atoms with Crippen molar-refractivity contribution in [1.82, 2.24) is 14.3 Å². The lowest BCUT2D eigenvalue weighted by molar-refractivity contribution is -0.115. The van der Waals surface area contributed by atoms with Crippen LogP contribution < -0.4 is 5.32 Å². The fourth-order valence-electron chi connectivity index (χ4n) is 3.75. The van der Waals surface area contributed by atoms with Gasteiger partial charge in [-0.2, -0.15) is 0 Å². The number of imidazole rings is 1. The maximum absolute atomic E-state index is 12.7. The molecule has 2 amide bonds. The van der Waals surface area contributed by atoms with Gasteiger partial charge in [0.25, 0.3) is 5.91 Å². The van der Waals surface area contributed by atoms with Crippen molar-refractivity contribution >= 4 is 33.8 Å². The molecular weight excluding hydrogens is 424 g/mol. The molecule has 0 radical (unpaired) electrons. The van der Waals surface area contributed by atoms with Crippen LogP contribution in [-0.2, 0) is 16.0 Å². The zero-order valence-electron chi connectivity index (χ0n) is 17.4. The lowest BCUT2D eigenvalue weighted by Crippen LogP contribution is -2.40. The number of amides is 2. The Kier molecular flexibility index (Phi) is 5.70. The molecule has 2 aromatic carbocycles. The zero-order valence-corrected chi connectivity index (χ0v) is 18.2. The Morgan fingerprint density at radius 1 is 1.06 bits per heavy atom. The van der Waals surface area contributed by atoms with Crippen LogP contribution in [0.2, 0.25) is 0 Å². The van der Waals surface area contributed by atoms with Gasteiger partial charge in [0, 0.05) is 47.2 Å². The Labute approximate surface area is 189 Å². The summed E-state index contributed by atoms with van der Waals surface area (Å²) in [6.07, 6.45) is 2.18. The molecule has 8 heteroatoms. The average Bonchev–Trinajstić information content (AvgIpc) is 3.42. The number of benzene rings is 2. The Bertz CT molecular complexity index is 1260. The van der Waals surface area contributed by atoms with Crippen LogP contribution in [0.5, 0.6) is 0 Å². The number of carbonyl (C=O) groups excluding carboxylic acids is 2. The Morgan fingerprint density at radius 3 is 2.69 bits per heavy atom. The van der Waals surface area contributed by atoms with Crippen LogP contribution in [0.4, 0.5) is 5.69 Å². The molecule has 0 unspecified atom stereocenters. The van der Waals surface area contributed by atoms with Gasteiger partial charge in [-0.3, -0.25) is 14.0 Å². The number of morpholine rings is 1. The first-order valence-corrected chi connectivity index (χ1v) is 11.3. The minimum Gasteiger partial charge on any atom is -0.378 e. The second-order valence-corrected chi connectivity index (χ2v) is 8.42. The highest BCUT2D eigenvalue weighted by Crippen LogP contribution is 2.24. The normalized spacial score (nSPS) is 13.9. The standard InChI is InChI=1S/C24H22N4O3S/c29-22(25-19-8-4-7-18(13-19)23(30)27-9-11-31-12-10-27)14-20-16-32-24-26-21(15-28(20)24)17-5-2-1-3-6-17/h1-8,13,15-16H,9-12,14H2,(H,25,29). The fraction of sp³-hybridized carbons (Fsp3) is 0.208. The molecule has 7 nitrogen and oxygen atoms in total. The molecular formula is C24H22N4O3S. The largest absolute Gasteiger partial charge is 0.378 e. The number of thiazole rings is 1. The number of anilines is 1. The first kappa shape index (κ1) is 20.4. The summed E-state index contributed by atoms with van der Waals surface area (Å²) in [5.41, 5.74) is 3.97. The smallest absolute Gasteiger partial charge is 0.254 e. The van der Waals surface area contributed by atoms with E-state index in [1.165, 1.54) is 11.3 Å². The molecule has 3 heterocycles. The molecule has 0 bridgehead atoms. The third kappa shape index (κ3) is 4.28. The van der Waals surface area contributed by atoms with Gasteiger partial charge in [-0.25, -0.2) is 4.98 Å². The van der Waals surface area contributed by atoms with E-state index in [1.54, 1.807) is 29.2 Å². The van der Waals surface area contributed by atoms with E-state index >= 15 is 0 Å². The molecule has 0 aliphatic carbocycles. The molecule has 5 rings (SSSR count). The van der Waals surface area contributed by atoms with Gasteiger partial charge in [0.05, 0.1) is 25.3 Å². The Hall–Kier alpha value is -3.49. The van der Waals surface area contributed by atoms with E-state index in [0.717, 1.165) is 21.9 Å². The molecule has 1 aliphatic rings. The number of rotatable bonds is 5. The number of hydrogen-bond donors (Lipinski definition) is 1. The van der Waals surface area contributed by atoms with Gasteiger partial charge in [-0.05, 0) is 18.2 Å². The van der Waals surface area contributed by atoms with Crippen LogP contribution in [0.15, 0.2) is 66.2 Å². The van der Waals surface area contributed by atoms with Crippen molar-refractivity contribution in [3.63, 3.8) is 0 Å². The van der Waals surface area contributed by atoms with Crippen LogP contribution in [0.1, 0.15) is 16.1 Å². The van der Waals surface area contributed by atoms with E-state index in [9.17, 15) is 9.59 Å². The number of hydrogen-bond acceptors (Lipinski definition) is 5. The Balaban J connectivity index is 1.28. The maximum atomic E-state index is 12.7. The van der Waals surface area contributed by atoms with Gasteiger partial charge >= 0.3 is 0 Å². The van der Waals surface area contributed by atoms with Crippen LogP contribution in [0.3, 0.4) is 0 Å². The second kappa shape index (κ2) is 8.94. The predicted octanol–water partition coefficient (Wildman–Crippen LogP) is 3.72. The first-order chi connectivity index (χ1) is 15.7. The summed E-state index contributed by atoms with van der Waals surface area (Å²) in [6.45, 7) is 2.27. The van der Waals surface area contributed by atoms with Crippen molar-refractivity contribution in [1.29, 1.82) is 0 Å². The van der Waals surface area contributed by atoms with E-state index in [0.29, 0.717) is 37.6 Å². The SMILES string of the molecule is O=C(Cc1csc2nc(-c3ccccc3)cn12)Nc1cccc(C(=O)N2CCOCC2)c1. The summed E-state index contributed by atoms with van der Waals surface area (Å²) < 4.78 is 7.28. The maximum Gasteiger partial charge on any atom is 0.254 e. The number of fused-ring (bicyclic) bond motifs is 1. The summed E-state index contributed by atoms with van der Waals surface area (Å²) in [5, 5.41) is 4.87.